The number of hydrogen-bond donors (Lipinski definition) is 0. The molecule has 156 valence electrons. The minimum absolute atomic E-state index is 0.0281. The van der Waals surface area contributed by atoms with Crippen LogP contribution >= 0.6 is 0 Å². The Morgan fingerprint density at radius 1 is 0.966 bits per heavy atom. The predicted molar refractivity (Wildman–Crippen MR) is 110 cm³/mol. The number of carbonyl (C=O) groups excluding carboxylic acids is 3. The summed E-state index contributed by atoms with van der Waals surface area (Å²) in [6.45, 7) is 4.74. The topological polar surface area (TPSA) is 60.9 Å². The molecule has 2 heterocycles. The van der Waals surface area contributed by atoms with Gasteiger partial charge in [0.05, 0.1) is 5.92 Å². The fourth-order valence-electron chi connectivity index (χ4n) is 4.99. The molecule has 0 aromatic heterocycles. The van der Waals surface area contributed by atoms with E-state index in [4.69, 9.17) is 0 Å². The van der Waals surface area contributed by atoms with E-state index in [-0.39, 0.29) is 23.6 Å². The highest BCUT2D eigenvalue weighted by Gasteiger charge is 2.40. The van der Waals surface area contributed by atoms with Gasteiger partial charge in [0.15, 0.2) is 0 Å². The fraction of sp³-hybridized carbons (Fsp3) is 0.609. The Balaban J connectivity index is 1.31. The molecular weight excluding hydrogens is 366 g/mol. The molecule has 1 aromatic carbocycles. The maximum Gasteiger partial charge on any atom is 0.253 e. The van der Waals surface area contributed by atoms with Crippen LogP contribution in [0.2, 0.25) is 0 Å². The van der Waals surface area contributed by atoms with Gasteiger partial charge < -0.3 is 14.7 Å². The molecule has 6 heteroatoms. The Morgan fingerprint density at radius 3 is 2.34 bits per heavy atom. The van der Waals surface area contributed by atoms with Gasteiger partial charge in [0.2, 0.25) is 11.8 Å². The van der Waals surface area contributed by atoms with E-state index < -0.39 is 0 Å². The standard InChI is InChI=1S/C23H31N3O3/c1-17-6-5-7-18(14-17)22(28)24-10-12-25(13-11-24)23(29)19-15-21(27)26(16-19)20-8-3-2-4-9-20/h5-7,14,19-20H,2-4,8-13,15-16H2,1H3. The summed E-state index contributed by atoms with van der Waals surface area (Å²) in [6.07, 6.45) is 6.12. The summed E-state index contributed by atoms with van der Waals surface area (Å²) in [5, 5.41) is 0. The van der Waals surface area contributed by atoms with Crippen molar-refractivity contribution in [1.29, 1.82) is 0 Å². The van der Waals surface area contributed by atoms with Gasteiger partial charge in [-0.05, 0) is 31.9 Å². The smallest absolute Gasteiger partial charge is 0.253 e. The van der Waals surface area contributed by atoms with E-state index in [2.05, 4.69) is 0 Å². The normalized spacial score (nSPS) is 23.6. The maximum atomic E-state index is 13.0. The molecule has 6 nitrogen and oxygen atoms in total. The summed E-state index contributed by atoms with van der Waals surface area (Å²) < 4.78 is 0. The van der Waals surface area contributed by atoms with Crippen LogP contribution in [-0.4, -0.2) is 71.2 Å². The van der Waals surface area contributed by atoms with Crippen LogP contribution in [-0.2, 0) is 9.59 Å². The van der Waals surface area contributed by atoms with Crippen molar-refractivity contribution in [2.24, 2.45) is 5.92 Å². The van der Waals surface area contributed by atoms with E-state index in [0.29, 0.717) is 50.7 Å². The molecule has 1 aromatic rings. The van der Waals surface area contributed by atoms with Crippen LogP contribution in [0.4, 0.5) is 0 Å². The maximum absolute atomic E-state index is 13.0. The first-order valence-electron chi connectivity index (χ1n) is 11.0. The molecule has 29 heavy (non-hydrogen) atoms. The molecular formula is C23H31N3O3. The van der Waals surface area contributed by atoms with E-state index in [9.17, 15) is 14.4 Å². The third kappa shape index (κ3) is 4.31. The van der Waals surface area contributed by atoms with E-state index in [0.717, 1.165) is 18.4 Å². The van der Waals surface area contributed by atoms with Crippen LogP contribution in [0.1, 0.15) is 54.4 Å². The zero-order valence-electron chi connectivity index (χ0n) is 17.3. The van der Waals surface area contributed by atoms with Gasteiger partial charge in [0.1, 0.15) is 0 Å². The summed E-state index contributed by atoms with van der Waals surface area (Å²) >= 11 is 0. The van der Waals surface area contributed by atoms with Crippen LogP contribution < -0.4 is 0 Å². The third-order valence-electron chi connectivity index (χ3n) is 6.67. The quantitative estimate of drug-likeness (QED) is 0.787. The first-order valence-corrected chi connectivity index (χ1v) is 11.0. The van der Waals surface area contributed by atoms with Crippen molar-refractivity contribution in [3.05, 3.63) is 35.4 Å². The molecule has 0 bridgehead atoms. The predicted octanol–water partition coefficient (Wildman–Crippen LogP) is 2.46. The first kappa shape index (κ1) is 19.9. The number of amides is 3. The van der Waals surface area contributed by atoms with Crippen molar-refractivity contribution >= 4 is 17.7 Å². The number of rotatable bonds is 3. The number of aryl methyl sites for hydroxylation is 1. The molecule has 0 spiro atoms. The molecule has 1 aliphatic carbocycles. The van der Waals surface area contributed by atoms with Crippen LogP contribution in [0, 0.1) is 12.8 Å². The summed E-state index contributed by atoms with van der Waals surface area (Å²) in [7, 11) is 0. The molecule has 0 radical (unpaired) electrons. The first-order chi connectivity index (χ1) is 14.0. The van der Waals surface area contributed by atoms with Crippen molar-refractivity contribution in [2.75, 3.05) is 32.7 Å². The van der Waals surface area contributed by atoms with E-state index in [1.165, 1.54) is 19.3 Å². The number of piperazine rings is 1. The number of hydrogen-bond acceptors (Lipinski definition) is 3. The molecule has 1 atom stereocenters. The lowest BCUT2D eigenvalue weighted by Crippen LogP contribution is -2.52. The SMILES string of the molecule is Cc1cccc(C(=O)N2CCN(C(=O)C3CC(=O)N(C4CCCCC4)C3)CC2)c1. The Bertz CT molecular complexity index is 779. The second-order valence-corrected chi connectivity index (χ2v) is 8.73. The van der Waals surface area contributed by atoms with Gasteiger partial charge in [-0.1, -0.05) is 37.0 Å². The number of nitrogens with zero attached hydrogens (tertiary/aromatic N) is 3. The molecule has 2 saturated heterocycles. The van der Waals surface area contributed by atoms with Crippen molar-refractivity contribution in [3.8, 4) is 0 Å². The van der Waals surface area contributed by atoms with Gasteiger partial charge in [0, 0.05) is 50.7 Å². The van der Waals surface area contributed by atoms with Gasteiger partial charge in [-0.15, -0.1) is 0 Å². The Morgan fingerprint density at radius 2 is 1.66 bits per heavy atom. The summed E-state index contributed by atoms with van der Waals surface area (Å²) in [5.74, 6) is 0.0339. The third-order valence-corrected chi connectivity index (χ3v) is 6.67. The Labute approximate surface area is 172 Å². The lowest BCUT2D eigenvalue weighted by Gasteiger charge is -2.36. The molecule has 3 aliphatic rings. The fourth-order valence-corrected chi connectivity index (χ4v) is 4.99. The number of carbonyl (C=O) groups is 3. The highest BCUT2D eigenvalue weighted by atomic mass is 16.2. The van der Waals surface area contributed by atoms with Gasteiger partial charge in [-0.2, -0.15) is 0 Å². The van der Waals surface area contributed by atoms with Crippen LogP contribution in [0.15, 0.2) is 24.3 Å². The van der Waals surface area contributed by atoms with Crippen molar-refractivity contribution in [2.45, 2.75) is 51.5 Å². The van der Waals surface area contributed by atoms with Crippen LogP contribution in [0.25, 0.3) is 0 Å². The van der Waals surface area contributed by atoms with Gasteiger partial charge in [0.25, 0.3) is 5.91 Å². The minimum Gasteiger partial charge on any atom is -0.339 e. The van der Waals surface area contributed by atoms with Crippen molar-refractivity contribution < 1.29 is 14.4 Å². The molecule has 3 amide bonds. The molecule has 3 fully saturated rings. The lowest BCUT2D eigenvalue weighted by atomic mass is 9.94. The highest BCUT2D eigenvalue weighted by Crippen LogP contribution is 2.29. The molecule has 2 aliphatic heterocycles. The van der Waals surface area contributed by atoms with Gasteiger partial charge in [-0.25, -0.2) is 0 Å². The Kier molecular flexibility index (Phi) is 5.88. The second-order valence-electron chi connectivity index (χ2n) is 8.73. The van der Waals surface area contributed by atoms with Crippen molar-refractivity contribution in [1.82, 2.24) is 14.7 Å². The lowest BCUT2D eigenvalue weighted by molar-refractivity contribution is -0.137. The van der Waals surface area contributed by atoms with E-state index >= 15 is 0 Å². The van der Waals surface area contributed by atoms with Crippen LogP contribution in [0.5, 0.6) is 0 Å². The van der Waals surface area contributed by atoms with Crippen molar-refractivity contribution in [3.63, 3.8) is 0 Å². The monoisotopic (exact) mass is 397 g/mol. The van der Waals surface area contributed by atoms with Gasteiger partial charge in [-0.3, -0.25) is 14.4 Å². The van der Waals surface area contributed by atoms with E-state index in [1.54, 1.807) is 0 Å². The summed E-state index contributed by atoms with van der Waals surface area (Å²) in [4.78, 5) is 43.9. The summed E-state index contributed by atoms with van der Waals surface area (Å²) in [5.41, 5.74) is 1.77. The minimum atomic E-state index is -0.219. The average molecular weight is 398 g/mol. The average Bonchev–Trinajstić information content (AvgIpc) is 3.15. The number of benzene rings is 1. The molecule has 1 unspecified atom stereocenters. The molecule has 0 N–H and O–H groups in total. The van der Waals surface area contributed by atoms with Gasteiger partial charge >= 0.3 is 0 Å². The zero-order chi connectivity index (χ0) is 20.4. The molecule has 4 rings (SSSR count). The zero-order valence-corrected chi connectivity index (χ0v) is 17.3. The van der Waals surface area contributed by atoms with Crippen LogP contribution in [0.3, 0.4) is 0 Å². The number of likely N-dealkylation sites (tertiary alicyclic amines) is 1. The highest BCUT2D eigenvalue weighted by molar-refractivity contribution is 5.94. The second kappa shape index (κ2) is 8.56. The van der Waals surface area contributed by atoms with E-state index in [1.807, 2.05) is 45.9 Å². The summed E-state index contributed by atoms with van der Waals surface area (Å²) in [6, 6.07) is 7.96. The molecule has 1 saturated carbocycles. The largest absolute Gasteiger partial charge is 0.339 e. The Hall–Kier alpha value is -2.37.